The van der Waals surface area contributed by atoms with E-state index in [1.165, 1.54) is 17.4 Å². The van der Waals surface area contributed by atoms with Crippen molar-refractivity contribution in [3.63, 3.8) is 0 Å². The van der Waals surface area contributed by atoms with Crippen LogP contribution in [0.4, 0.5) is 5.69 Å². The number of hydrogen-bond acceptors (Lipinski definition) is 4. The van der Waals surface area contributed by atoms with Crippen molar-refractivity contribution in [1.82, 2.24) is 4.98 Å². The minimum Gasteiger partial charge on any atom is -0.258 e. The van der Waals surface area contributed by atoms with Gasteiger partial charge in [-0.2, -0.15) is 0 Å². The summed E-state index contributed by atoms with van der Waals surface area (Å²) in [4.78, 5) is 14.4. The van der Waals surface area contributed by atoms with Gasteiger partial charge in [-0.3, -0.25) is 10.1 Å². The monoisotopic (exact) mass is 254 g/mol. The number of hydrogen-bond donors (Lipinski definition) is 0. The Morgan fingerprint density at radius 3 is 2.75 bits per heavy atom. The molecular formula is C10H7ClN2O2S. The number of nitrogens with zero attached hydrogens (tertiary/aromatic N) is 2. The zero-order valence-electron chi connectivity index (χ0n) is 8.31. The Morgan fingerprint density at radius 1 is 1.50 bits per heavy atom. The van der Waals surface area contributed by atoms with Crippen LogP contribution in [0, 0.1) is 17.0 Å². The van der Waals surface area contributed by atoms with Crippen LogP contribution >= 0.6 is 22.9 Å². The van der Waals surface area contributed by atoms with E-state index in [-0.39, 0.29) is 10.7 Å². The van der Waals surface area contributed by atoms with Gasteiger partial charge in [0.15, 0.2) is 0 Å². The Kier molecular flexibility index (Phi) is 2.89. The van der Waals surface area contributed by atoms with Crippen LogP contribution < -0.4 is 0 Å². The van der Waals surface area contributed by atoms with Gasteiger partial charge in [-0.15, -0.1) is 11.3 Å². The first kappa shape index (κ1) is 11.0. The Bertz CT molecular complexity index is 554. The summed E-state index contributed by atoms with van der Waals surface area (Å²) < 4.78 is 0. The summed E-state index contributed by atoms with van der Waals surface area (Å²) >= 11 is 7.34. The van der Waals surface area contributed by atoms with Crippen molar-refractivity contribution >= 4 is 28.6 Å². The number of nitro groups is 1. The maximum atomic E-state index is 10.6. The lowest BCUT2D eigenvalue weighted by Gasteiger charge is -1.98. The topological polar surface area (TPSA) is 56.0 Å². The molecule has 82 valence electrons. The van der Waals surface area contributed by atoms with Crippen LogP contribution in [0.1, 0.15) is 5.01 Å². The molecule has 2 rings (SSSR count). The van der Waals surface area contributed by atoms with Crippen molar-refractivity contribution in [1.29, 1.82) is 0 Å². The van der Waals surface area contributed by atoms with Crippen molar-refractivity contribution < 1.29 is 4.92 Å². The van der Waals surface area contributed by atoms with E-state index in [9.17, 15) is 10.1 Å². The van der Waals surface area contributed by atoms with E-state index in [0.29, 0.717) is 0 Å². The fourth-order valence-corrected chi connectivity index (χ4v) is 2.18. The molecular weight excluding hydrogens is 248 g/mol. The largest absolute Gasteiger partial charge is 0.287 e. The fraction of sp³-hybridized carbons (Fsp3) is 0.100. The molecule has 0 saturated carbocycles. The molecule has 0 atom stereocenters. The summed E-state index contributed by atoms with van der Waals surface area (Å²) in [5, 5.41) is 13.6. The quantitative estimate of drug-likeness (QED) is 0.607. The normalized spacial score (nSPS) is 10.4. The number of aromatic nitrogens is 1. The predicted octanol–water partition coefficient (Wildman–Crippen LogP) is 3.68. The summed E-state index contributed by atoms with van der Waals surface area (Å²) in [5.74, 6) is 0. The third-order valence-corrected chi connectivity index (χ3v) is 3.14. The smallest absolute Gasteiger partial charge is 0.258 e. The van der Waals surface area contributed by atoms with E-state index in [4.69, 9.17) is 11.6 Å². The van der Waals surface area contributed by atoms with Gasteiger partial charge in [0, 0.05) is 17.0 Å². The lowest BCUT2D eigenvalue weighted by atomic mass is 10.1. The highest BCUT2D eigenvalue weighted by Crippen LogP contribution is 2.30. The van der Waals surface area contributed by atoms with Crippen LogP contribution in [0.3, 0.4) is 0 Å². The molecule has 0 spiro atoms. The molecule has 0 aliphatic heterocycles. The molecule has 0 amide bonds. The third-order valence-electron chi connectivity index (χ3n) is 2.06. The van der Waals surface area contributed by atoms with Gasteiger partial charge in [0.1, 0.15) is 5.02 Å². The number of rotatable bonds is 2. The SMILES string of the molecule is Cc1nc(-c2ccc([N+](=O)[O-])c(Cl)c2)cs1. The molecule has 0 radical (unpaired) electrons. The second-order valence-electron chi connectivity index (χ2n) is 3.18. The van der Waals surface area contributed by atoms with Crippen LogP contribution in [0.2, 0.25) is 5.02 Å². The maximum absolute atomic E-state index is 10.6. The standard InChI is InChI=1S/C10H7ClN2O2S/c1-6-12-9(5-16-6)7-2-3-10(13(14)15)8(11)4-7/h2-5H,1H3. The molecule has 1 aromatic heterocycles. The molecule has 0 fully saturated rings. The Morgan fingerprint density at radius 2 is 2.25 bits per heavy atom. The lowest BCUT2D eigenvalue weighted by Crippen LogP contribution is -1.89. The molecule has 0 N–H and O–H groups in total. The summed E-state index contributed by atoms with van der Waals surface area (Å²) in [7, 11) is 0. The molecule has 0 unspecified atom stereocenters. The van der Waals surface area contributed by atoms with Crippen molar-refractivity contribution in [2.75, 3.05) is 0 Å². The first-order valence-corrected chi connectivity index (χ1v) is 5.70. The second-order valence-corrected chi connectivity index (χ2v) is 4.64. The van der Waals surface area contributed by atoms with Crippen LogP contribution in [0.15, 0.2) is 23.6 Å². The summed E-state index contributed by atoms with van der Waals surface area (Å²) in [6.45, 7) is 1.90. The van der Waals surface area contributed by atoms with Gasteiger partial charge in [-0.25, -0.2) is 4.98 Å². The molecule has 4 nitrogen and oxygen atoms in total. The van der Waals surface area contributed by atoms with Crippen molar-refractivity contribution in [2.45, 2.75) is 6.92 Å². The Balaban J connectivity index is 2.45. The van der Waals surface area contributed by atoms with E-state index in [1.54, 1.807) is 12.1 Å². The highest BCUT2D eigenvalue weighted by atomic mass is 35.5. The number of thiazole rings is 1. The van der Waals surface area contributed by atoms with Gasteiger partial charge in [0.05, 0.1) is 15.6 Å². The van der Waals surface area contributed by atoms with Gasteiger partial charge in [0.25, 0.3) is 5.69 Å². The third kappa shape index (κ3) is 2.05. The molecule has 0 saturated heterocycles. The molecule has 16 heavy (non-hydrogen) atoms. The number of nitro benzene ring substituents is 1. The average molecular weight is 255 g/mol. The highest BCUT2D eigenvalue weighted by Gasteiger charge is 2.13. The number of benzene rings is 1. The molecule has 2 aromatic rings. The van der Waals surface area contributed by atoms with E-state index in [2.05, 4.69) is 4.98 Å². The van der Waals surface area contributed by atoms with Gasteiger partial charge < -0.3 is 0 Å². The van der Waals surface area contributed by atoms with Crippen LogP contribution in [0.25, 0.3) is 11.3 Å². The number of aryl methyl sites for hydroxylation is 1. The molecule has 0 bridgehead atoms. The second kappa shape index (κ2) is 4.19. The van der Waals surface area contributed by atoms with Crippen molar-refractivity contribution in [3.05, 3.63) is 43.7 Å². The summed E-state index contributed by atoms with van der Waals surface area (Å²) in [6, 6.07) is 4.61. The Hall–Kier alpha value is -1.46. The first-order valence-electron chi connectivity index (χ1n) is 4.44. The minimum atomic E-state index is -0.502. The average Bonchev–Trinajstić information content (AvgIpc) is 2.64. The van der Waals surface area contributed by atoms with Gasteiger partial charge in [-0.1, -0.05) is 11.6 Å². The van der Waals surface area contributed by atoms with E-state index in [1.807, 2.05) is 12.3 Å². The number of halogens is 1. The summed E-state index contributed by atoms with van der Waals surface area (Å²) in [6.07, 6.45) is 0. The zero-order valence-corrected chi connectivity index (χ0v) is 9.88. The van der Waals surface area contributed by atoms with E-state index in [0.717, 1.165) is 16.3 Å². The molecule has 0 aliphatic carbocycles. The zero-order chi connectivity index (χ0) is 11.7. The fourth-order valence-electron chi connectivity index (χ4n) is 1.31. The molecule has 1 aromatic carbocycles. The van der Waals surface area contributed by atoms with Gasteiger partial charge in [-0.05, 0) is 19.1 Å². The maximum Gasteiger partial charge on any atom is 0.287 e. The van der Waals surface area contributed by atoms with E-state index < -0.39 is 4.92 Å². The molecule has 1 heterocycles. The van der Waals surface area contributed by atoms with Crippen LogP contribution in [0.5, 0.6) is 0 Å². The van der Waals surface area contributed by atoms with E-state index >= 15 is 0 Å². The molecule has 0 aliphatic rings. The molecule has 6 heteroatoms. The van der Waals surface area contributed by atoms with Gasteiger partial charge >= 0.3 is 0 Å². The summed E-state index contributed by atoms with van der Waals surface area (Å²) in [5.41, 5.74) is 1.50. The highest BCUT2D eigenvalue weighted by molar-refractivity contribution is 7.09. The van der Waals surface area contributed by atoms with Crippen molar-refractivity contribution in [2.24, 2.45) is 0 Å². The predicted molar refractivity (Wildman–Crippen MR) is 64.0 cm³/mol. The first-order chi connectivity index (χ1) is 7.58. The minimum absolute atomic E-state index is 0.0858. The van der Waals surface area contributed by atoms with Crippen molar-refractivity contribution in [3.8, 4) is 11.3 Å². The van der Waals surface area contributed by atoms with Crippen LogP contribution in [-0.4, -0.2) is 9.91 Å². The van der Waals surface area contributed by atoms with Crippen LogP contribution in [-0.2, 0) is 0 Å². The lowest BCUT2D eigenvalue weighted by molar-refractivity contribution is -0.384. The Labute approximate surface area is 101 Å². The van der Waals surface area contributed by atoms with Gasteiger partial charge in [0.2, 0.25) is 0 Å².